The van der Waals surface area contributed by atoms with E-state index < -0.39 is 0 Å². The summed E-state index contributed by atoms with van der Waals surface area (Å²) in [5.41, 5.74) is 0.0471. The molecule has 0 aromatic carbocycles. The van der Waals surface area contributed by atoms with Gasteiger partial charge >= 0.3 is 0 Å². The monoisotopic (exact) mass is 237 g/mol. The van der Waals surface area contributed by atoms with Crippen LogP contribution in [0.3, 0.4) is 0 Å². The number of furan rings is 1. The molecule has 2 aliphatic heterocycles. The highest BCUT2D eigenvalue weighted by Crippen LogP contribution is 2.35. The molecule has 4 nitrogen and oxygen atoms in total. The average Bonchev–Trinajstić information content (AvgIpc) is 2.80. The topological polar surface area (TPSA) is 34.8 Å². The smallest absolute Gasteiger partial charge is 0.117 e. The second kappa shape index (κ2) is 4.44. The largest absolute Gasteiger partial charge is 0.468 e. The molecule has 0 unspecified atom stereocenters. The van der Waals surface area contributed by atoms with Crippen molar-refractivity contribution in [2.45, 2.75) is 31.1 Å². The first-order chi connectivity index (χ1) is 8.30. The van der Waals surface area contributed by atoms with Crippen LogP contribution in [0, 0.1) is 0 Å². The fourth-order valence-electron chi connectivity index (χ4n) is 2.91. The Balaban J connectivity index is 1.53. The summed E-state index contributed by atoms with van der Waals surface area (Å²) in [6, 6.07) is 3.95. The van der Waals surface area contributed by atoms with Crippen molar-refractivity contribution in [2.24, 2.45) is 0 Å². The minimum atomic E-state index is 0.0471. The molecule has 1 aromatic heterocycles. The van der Waals surface area contributed by atoms with E-state index in [1.165, 1.54) is 0 Å². The van der Waals surface area contributed by atoms with Gasteiger partial charge in [0.05, 0.1) is 24.5 Å². The molecule has 1 spiro atoms. The predicted molar refractivity (Wildman–Crippen MR) is 62.7 cm³/mol. The highest BCUT2D eigenvalue weighted by molar-refractivity contribution is 5.05. The van der Waals surface area contributed by atoms with Crippen LogP contribution < -0.4 is 0 Å². The summed E-state index contributed by atoms with van der Waals surface area (Å²) < 4.78 is 16.7. The molecule has 2 aliphatic rings. The number of rotatable bonds is 3. The Hall–Kier alpha value is -0.840. The average molecular weight is 237 g/mol. The van der Waals surface area contributed by atoms with Gasteiger partial charge in [0.2, 0.25) is 0 Å². The zero-order chi connectivity index (χ0) is 11.7. The second-order valence-corrected chi connectivity index (χ2v) is 5.11. The van der Waals surface area contributed by atoms with Gasteiger partial charge in [-0.3, -0.25) is 4.90 Å². The van der Waals surface area contributed by atoms with Crippen molar-refractivity contribution in [1.82, 2.24) is 4.90 Å². The molecule has 1 atom stereocenters. The molecule has 3 heterocycles. The summed E-state index contributed by atoms with van der Waals surface area (Å²) in [7, 11) is 1.79. The molecular formula is C13H19NO3. The highest BCUT2D eigenvalue weighted by atomic mass is 16.5. The Morgan fingerprint density at radius 2 is 2.41 bits per heavy atom. The summed E-state index contributed by atoms with van der Waals surface area (Å²) in [6.45, 7) is 3.70. The van der Waals surface area contributed by atoms with Crippen molar-refractivity contribution in [1.29, 1.82) is 0 Å². The summed E-state index contributed by atoms with van der Waals surface area (Å²) in [6.07, 6.45) is 4.15. The molecule has 0 bridgehead atoms. The lowest BCUT2D eigenvalue weighted by Crippen LogP contribution is -2.65. The van der Waals surface area contributed by atoms with Crippen LogP contribution in [0.1, 0.15) is 18.6 Å². The fraction of sp³-hybridized carbons (Fsp3) is 0.692. The van der Waals surface area contributed by atoms with Crippen LogP contribution in [0.2, 0.25) is 0 Å². The maximum Gasteiger partial charge on any atom is 0.117 e. The molecule has 3 rings (SSSR count). The van der Waals surface area contributed by atoms with E-state index in [2.05, 4.69) is 4.90 Å². The number of nitrogens with zero attached hydrogens (tertiary/aromatic N) is 1. The van der Waals surface area contributed by atoms with Gasteiger partial charge in [-0.1, -0.05) is 0 Å². The molecule has 94 valence electrons. The van der Waals surface area contributed by atoms with Crippen LogP contribution in [-0.4, -0.2) is 43.4 Å². The van der Waals surface area contributed by atoms with Gasteiger partial charge in [-0.2, -0.15) is 0 Å². The number of hydrogen-bond donors (Lipinski definition) is 0. The van der Waals surface area contributed by atoms with Gasteiger partial charge in [-0.05, 0) is 18.6 Å². The van der Waals surface area contributed by atoms with E-state index in [-0.39, 0.29) is 5.60 Å². The van der Waals surface area contributed by atoms with E-state index in [0.717, 1.165) is 44.8 Å². The minimum absolute atomic E-state index is 0.0471. The lowest BCUT2D eigenvalue weighted by atomic mass is 9.84. The first-order valence-electron chi connectivity index (χ1n) is 6.21. The number of ether oxygens (including phenoxy) is 2. The molecule has 0 amide bonds. The van der Waals surface area contributed by atoms with Crippen LogP contribution >= 0.6 is 0 Å². The molecule has 1 aromatic rings. The van der Waals surface area contributed by atoms with E-state index in [4.69, 9.17) is 13.9 Å². The van der Waals surface area contributed by atoms with E-state index >= 15 is 0 Å². The highest BCUT2D eigenvalue weighted by Gasteiger charge is 2.47. The van der Waals surface area contributed by atoms with E-state index in [9.17, 15) is 0 Å². The summed E-state index contributed by atoms with van der Waals surface area (Å²) >= 11 is 0. The summed E-state index contributed by atoms with van der Waals surface area (Å²) in [4.78, 5) is 2.36. The standard InChI is InChI=1S/C13H19NO3/c1-15-11-4-6-17-13(7-11)9-14(10-13)8-12-3-2-5-16-12/h2-3,5,11H,4,6-10H2,1H3/t11-/m0/s1. The molecule has 0 radical (unpaired) electrons. The molecule has 0 aliphatic carbocycles. The zero-order valence-electron chi connectivity index (χ0n) is 10.2. The first-order valence-corrected chi connectivity index (χ1v) is 6.21. The molecular weight excluding hydrogens is 218 g/mol. The third kappa shape index (κ3) is 2.25. The maximum absolute atomic E-state index is 5.93. The molecule has 2 saturated heterocycles. The van der Waals surface area contributed by atoms with Crippen LogP contribution in [0.4, 0.5) is 0 Å². The van der Waals surface area contributed by atoms with Gasteiger partial charge in [-0.15, -0.1) is 0 Å². The van der Waals surface area contributed by atoms with Crippen molar-refractivity contribution in [2.75, 3.05) is 26.8 Å². The van der Waals surface area contributed by atoms with Crippen molar-refractivity contribution in [3.63, 3.8) is 0 Å². The van der Waals surface area contributed by atoms with Crippen molar-refractivity contribution >= 4 is 0 Å². The Morgan fingerprint density at radius 1 is 1.53 bits per heavy atom. The van der Waals surface area contributed by atoms with Crippen LogP contribution in [0.25, 0.3) is 0 Å². The SMILES string of the molecule is CO[C@H]1CCOC2(C1)CN(Cc1ccco1)C2. The van der Waals surface area contributed by atoms with E-state index in [0.29, 0.717) is 6.10 Å². The number of methoxy groups -OCH3 is 1. The van der Waals surface area contributed by atoms with Gasteiger partial charge in [0.1, 0.15) is 5.76 Å². The Kier molecular flexibility index (Phi) is 2.94. The minimum Gasteiger partial charge on any atom is -0.468 e. The first kappa shape index (κ1) is 11.3. The molecule has 0 saturated carbocycles. The van der Waals surface area contributed by atoms with Crippen LogP contribution in [0.15, 0.2) is 22.8 Å². The van der Waals surface area contributed by atoms with Gasteiger partial charge < -0.3 is 13.9 Å². The lowest BCUT2D eigenvalue weighted by Gasteiger charge is -2.52. The second-order valence-electron chi connectivity index (χ2n) is 5.11. The van der Waals surface area contributed by atoms with Gasteiger partial charge in [0, 0.05) is 33.2 Å². The van der Waals surface area contributed by atoms with Gasteiger partial charge in [-0.25, -0.2) is 0 Å². The summed E-state index contributed by atoms with van der Waals surface area (Å²) in [5, 5.41) is 0. The molecule has 4 heteroatoms. The molecule has 2 fully saturated rings. The van der Waals surface area contributed by atoms with E-state index in [1.54, 1.807) is 13.4 Å². The van der Waals surface area contributed by atoms with Crippen molar-refractivity contribution in [3.8, 4) is 0 Å². The number of hydrogen-bond acceptors (Lipinski definition) is 4. The maximum atomic E-state index is 5.93. The van der Waals surface area contributed by atoms with Crippen LogP contribution in [0.5, 0.6) is 0 Å². The Labute approximate surface area is 101 Å². The Bertz CT molecular complexity index is 357. The van der Waals surface area contributed by atoms with Crippen molar-refractivity contribution in [3.05, 3.63) is 24.2 Å². The lowest BCUT2D eigenvalue weighted by molar-refractivity contribution is -0.196. The van der Waals surface area contributed by atoms with Gasteiger partial charge in [0.15, 0.2) is 0 Å². The quantitative estimate of drug-likeness (QED) is 0.801. The fourth-order valence-corrected chi connectivity index (χ4v) is 2.91. The van der Waals surface area contributed by atoms with Crippen molar-refractivity contribution < 1.29 is 13.9 Å². The predicted octanol–water partition coefficient (Wildman–Crippen LogP) is 1.66. The molecule has 17 heavy (non-hydrogen) atoms. The Morgan fingerprint density at radius 3 is 3.12 bits per heavy atom. The molecule has 0 N–H and O–H groups in total. The zero-order valence-corrected chi connectivity index (χ0v) is 10.2. The number of likely N-dealkylation sites (tertiary alicyclic amines) is 1. The summed E-state index contributed by atoms with van der Waals surface area (Å²) in [5.74, 6) is 1.03. The normalized spacial score (nSPS) is 28.2. The third-order valence-corrected chi connectivity index (χ3v) is 3.76. The van der Waals surface area contributed by atoms with E-state index in [1.807, 2.05) is 12.1 Å². The third-order valence-electron chi connectivity index (χ3n) is 3.76. The van der Waals surface area contributed by atoms with Crippen LogP contribution in [-0.2, 0) is 16.0 Å². The van der Waals surface area contributed by atoms with Gasteiger partial charge in [0.25, 0.3) is 0 Å².